The Morgan fingerprint density at radius 2 is 2.00 bits per heavy atom. The fourth-order valence-electron chi connectivity index (χ4n) is 1.98. The number of hydrogen-bond acceptors (Lipinski definition) is 5. The molecule has 0 amide bonds. The first-order valence-electron chi connectivity index (χ1n) is 5.98. The van der Waals surface area contributed by atoms with E-state index in [0.717, 1.165) is 17.5 Å². The third kappa shape index (κ3) is 2.85. The Balaban J connectivity index is 2.10. The van der Waals surface area contributed by atoms with E-state index in [-0.39, 0.29) is 18.8 Å². The molecular formula is C13H15NO4. The minimum atomic E-state index is -0.614. The van der Waals surface area contributed by atoms with Gasteiger partial charge in [-0.15, -0.1) is 0 Å². The zero-order valence-corrected chi connectivity index (χ0v) is 10.2. The average Bonchev–Trinajstić information content (AvgIpc) is 2.39. The largest absolute Gasteiger partial charge is 0.509 e. The number of cyclic esters (lactones) is 2. The monoisotopic (exact) mass is 249 g/mol. The van der Waals surface area contributed by atoms with E-state index in [9.17, 15) is 9.70 Å². The molecule has 1 aromatic rings. The van der Waals surface area contributed by atoms with E-state index >= 15 is 0 Å². The first-order valence-corrected chi connectivity index (χ1v) is 5.98. The molecule has 0 saturated carbocycles. The number of nitrogens with zero attached hydrogens (tertiary/aromatic N) is 1. The van der Waals surface area contributed by atoms with Crippen LogP contribution in [0.25, 0.3) is 0 Å². The first kappa shape index (κ1) is 12.5. The number of carbonyl (C=O) groups excluding carboxylic acids is 1. The summed E-state index contributed by atoms with van der Waals surface area (Å²) in [4.78, 5) is 21.4. The maximum absolute atomic E-state index is 11.3. The van der Waals surface area contributed by atoms with Gasteiger partial charge in [0.05, 0.1) is 0 Å². The van der Waals surface area contributed by atoms with Crippen molar-refractivity contribution in [3.63, 3.8) is 0 Å². The van der Waals surface area contributed by atoms with Crippen molar-refractivity contribution >= 4 is 6.16 Å². The van der Waals surface area contributed by atoms with Crippen molar-refractivity contribution in [2.24, 2.45) is 5.18 Å². The molecule has 5 heteroatoms. The van der Waals surface area contributed by atoms with Crippen molar-refractivity contribution in [2.45, 2.75) is 38.5 Å². The number of rotatable bonds is 4. The molecule has 0 spiro atoms. The zero-order valence-electron chi connectivity index (χ0n) is 10.2. The van der Waals surface area contributed by atoms with Gasteiger partial charge >= 0.3 is 6.16 Å². The summed E-state index contributed by atoms with van der Waals surface area (Å²) in [6.45, 7) is 2.13. The van der Waals surface area contributed by atoms with Gasteiger partial charge in [0.2, 0.25) is 0 Å². The molecule has 2 rings (SSSR count). The molecular weight excluding hydrogens is 234 g/mol. The minimum Gasteiger partial charge on any atom is -0.431 e. The predicted octanol–water partition coefficient (Wildman–Crippen LogP) is 3.33. The van der Waals surface area contributed by atoms with Gasteiger partial charge in [-0.1, -0.05) is 36.4 Å². The van der Waals surface area contributed by atoms with Gasteiger partial charge in [0.15, 0.2) is 0 Å². The van der Waals surface area contributed by atoms with Crippen LogP contribution in [0.5, 0.6) is 0 Å². The fraction of sp³-hybridized carbons (Fsp3) is 0.462. The number of hydrogen-bond donors (Lipinski definition) is 0. The molecule has 0 radical (unpaired) electrons. The number of nitroso groups, excluding NO2 is 1. The molecule has 1 aromatic carbocycles. The highest BCUT2D eigenvalue weighted by Crippen LogP contribution is 2.30. The van der Waals surface area contributed by atoms with Gasteiger partial charge in [0.1, 0.15) is 18.8 Å². The van der Waals surface area contributed by atoms with Crippen LogP contribution in [0.15, 0.2) is 29.4 Å². The minimum absolute atomic E-state index is 0.0902. The second-order valence-electron chi connectivity index (χ2n) is 4.27. The highest BCUT2D eigenvalue weighted by atomic mass is 16.7. The molecule has 1 saturated heterocycles. The molecule has 1 heterocycles. The lowest BCUT2D eigenvalue weighted by molar-refractivity contribution is -0.0619. The van der Waals surface area contributed by atoms with Gasteiger partial charge in [-0.2, -0.15) is 4.91 Å². The molecule has 0 N–H and O–H groups in total. The molecule has 18 heavy (non-hydrogen) atoms. The van der Waals surface area contributed by atoms with E-state index in [0.29, 0.717) is 6.42 Å². The van der Waals surface area contributed by atoms with Gasteiger partial charge in [-0.05, 0) is 17.5 Å². The summed E-state index contributed by atoms with van der Waals surface area (Å²) in [5, 5.41) is 2.83. The van der Waals surface area contributed by atoms with Crippen LogP contribution in [0.3, 0.4) is 0 Å². The normalized spacial score (nSPS) is 23.1. The lowest BCUT2D eigenvalue weighted by atomic mass is 10.00. The Bertz CT molecular complexity index is 429. The van der Waals surface area contributed by atoms with E-state index < -0.39 is 6.16 Å². The summed E-state index contributed by atoms with van der Waals surface area (Å²) in [5.41, 5.74) is 1.76. The Hall–Kier alpha value is -1.91. The Kier molecular flexibility index (Phi) is 3.92. The second kappa shape index (κ2) is 5.62. The summed E-state index contributed by atoms with van der Waals surface area (Å²) in [6.07, 6.45) is 0.463. The van der Waals surface area contributed by atoms with Crippen LogP contribution in [0.4, 0.5) is 4.79 Å². The molecule has 96 valence electrons. The molecule has 1 aliphatic rings. The van der Waals surface area contributed by atoms with Crippen LogP contribution >= 0.6 is 0 Å². The van der Waals surface area contributed by atoms with Crippen molar-refractivity contribution in [3.05, 3.63) is 40.3 Å². The molecule has 0 aliphatic carbocycles. The number of benzene rings is 1. The summed E-state index contributed by atoms with van der Waals surface area (Å²) < 4.78 is 10.2. The Labute approximate surface area is 105 Å². The van der Waals surface area contributed by atoms with E-state index in [4.69, 9.17) is 9.47 Å². The van der Waals surface area contributed by atoms with E-state index in [2.05, 4.69) is 5.18 Å². The molecule has 2 atom stereocenters. The van der Waals surface area contributed by atoms with E-state index in [1.807, 2.05) is 31.2 Å². The zero-order chi connectivity index (χ0) is 13.0. The summed E-state index contributed by atoms with van der Waals surface area (Å²) in [7, 11) is 0. The topological polar surface area (TPSA) is 65.0 Å². The lowest BCUT2D eigenvalue weighted by Crippen LogP contribution is -2.29. The second-order valence-corrected chi connectivity index (χ2v) is 4.27. The van der Waals surface area contributed by atoms with E-state index in [1.54, 1.807) is 0 Å². The van der Waals surface area contributed by atoms with Crippen LogP contribution in [0, 0.1) is 4.91 Å². The third-order valence-electron chi connectivity index (χ3n) is 3.03. The standard InChI is InChI=1S/C13H15NO4/c1-2-11-7-12(18-13(15)17-11)10-5-3-9(4-6-10)8-14-16/h3-6,11-12H,2,7-8H2,1H3/t11-,12-/m0/s1. The highest BCUT2D eigenvalue weighted by Gasteiger charge is 2.29. The average molecular weight is 249 g/mol. The third-order valence-corrected chi connectivity index (χ3v) is 3.03. The van der Waals surface area contributed by atoms with Gasteiger partial charge in [-0.25, -0.2) is 4.79 Å². The quantitative estimate of drug-likeness (QED) is 0.606. The van der Waals surface area contributed by atoms with Crippen molar-refractivity contribution in [1.82, 2.24) is 0 Å². The maximum atomic E-state index is 11.3. The molecule has 0 aromatic heterocycles. The van der Waals surface area contributed by atoms with E-state index in [1.165, 1.54) is 0 Å². The first-order chi connectivity index (χ1) is 8.72. The number of ether oxygens (including phenoxy) is 2. The fourth-order valence-corrected chi connectivity index (χ4v) is 1.98. The summed E-state index contributed by atoms with van der Waals surface area (Å²) >= 11 is 0. The van der Waals surface area contributed by atoms with Crippen molar-refractivity contribution in [3.8, 4) is 0 Å². The Morgan fingerprint density at radius 3 is 2.61 bits per heavy atom. The van der Waals surface area contributed by atoms with Crippen molar-refractivity contribution < 1.29 is 14.3 Å². The maximum Gasteiger partial charge on any atom is 0.509 e. The molecule has 1 fully saturated rings. The van der Waals surface area contributed by atoms with Crippen molar-refractivity contribution in [2.75, 3.05) is 0 Å². The van der Waals surface area contributed by atoms with Gasteiger partial charge in [-0.3, -0.25) is 0 Å². The van der Waals surface area contributed by atoms with Crippen LogP contribution in [0.1, 0.15) is 37.0 Å². The predicted molar refractivity (Wildman–Crippen MR) is 64.9 cm³/mol. The number of carbonyl (C=O) groups is 1. The SMILES string of the molecule is CC[C@H]1C[C@@H](c2ccc(CN=O)cc2)OC(=O)O1. The van der Waals surface area contributed by atoms with Crippen LogP contribution in [0.2, 0.25) is 0 Å². The highest BCUT2D eigenvalue weighted by molar-refractivity contribution is 5.61. The molecule has 0 bridgehead atoms. The van der Waals surface area contributed by atoms with Crippen LogP contribution in [-0.2, 0) is 16.0 Å². The summed E-state index contributed by atoms with van der Waals surface area (Å²) in [5.74, 6) is 0. The van der Waals surface area contributed by atoms with Gasteiger partial charge in [0.25, 0.3) is 0 Å². The van der Waals surface area contributed by atoms with Crippen molar-refractivity contribution in [1.29, 1.82) is 0 Å². The van der Waals surface area contributed by atoms with Crippen LogP contribution in [-0.4, -0.2) is 12.3 Å². The molecule has 1 aliphatic heterocycles. The molecule has 0 unspecified atom stereocenters. The lowest BCUT2D eigenvalue weighted by Gasteiger charge is -2.28. The van der Waals surface area contributed by atoms with Crippen LogP contribution < -0.4 is 0 Å². The summed E-state index contributed by atoms with van der Waals surface area (Å²) in [6, 6.07) is 7.36. The molecule has 5 nitrogen and oxygen atoms in total. The van der Waals surface area contributed by atoms with Gasteiger partial charge < -0.3 is 9.47 Å². The van der Waals surface area contributed by atoms with Gasteiger partial charge in [0, 0.05) is 6.42 Å². The smallest absolute Gasteiger partial charge is 0.431 e. The Morgan fingerprint density at radius 1 is 1.28 bits per heavy atom.